The van der Waals surface area contributed by atoms with Crippen LogP contribution in [0.25, 0.3) is 44.2 Å². The molecule has 0 radical (unpaired) electrons. The maximum Gasteiger partial charge on any atom is 0.512 e. The van der Waals surface area contributed by atoms with E-state index < -0.39 is 18.7 Å². The van der Waals surface area contributed by atoms with Crippen molar-refractivity contribution < 1.29 is 38.4 Å². The lowest BCUT2D eigenvalue weighted by Gasteiger charge is -2.14. The summed E-state index contributed by atoms with van der Waals surface area (Å²) in [5, 5.41) is 19.7. The average molecular weight is 546 g/mol. The van der Waals surface area contributed by atoms with Gasteiger partial charge in [0.05, 0.1) is 36.5 Å². The summed E-state index contributed by atoms with van der Waals surface area (Å²) in [5.74, 6) is -0.611. The second-order valence-electron chi connectivity index (χ2n) is 8.54. The molecular formula is C27H19N3O8S. The van der Waals surface area contributed by atoms with E-state index in [4.69, 9.17) is 18.6 Å². The zero-order chi connectivity index (χ0) is 27.1. The van der Waals surface area contributed by atoms with E-state index in [1.54, 1.807) is 16.7 Å². The number of nitrogens with zero attached hydrogens (tertiary/aromatic N) is 3. The molecule has 3 aromatic heterocycles. The second kappa shape index (κ2) is 9.65. The third-order valence-corrected chi connectivity index (χ3v) is 6.73. The van der Waals surface area contributed by atoms with Gasteiger partial charge in [-0.15, -0.1) is 0 Å². The molecule has 0 saturated carbocycles. The van der Waals surface area contributed by atoms with Crippen LogP contribution in [0, 0.1) is 0 Å². The normalized spacial score (nSPS) is 11.3. The maximum absolute atomic E-state index is 11.9. The first kappa shape index (κ1) is 24.2. The van der Waals surface area contributed by atoms with Crippen LogP contribution in [0.4, 0.5) is 4.79 Å². The quantitative estimate of drug-likeness (QED) is 0.230. The molecule has 0 fully saturated rings. The molecule has 39 heavy (non-hydrogen) atoms. The number of aromatic nitrogens is 3. The van der Waals surface area contributed by atoms with Crippen molar-refractivity contribution in [3.05, 3.63) is 66.2 Å². The molecule has 0 aliphatic heterocycles. The van der Waals surface area contributed by atoms with Crippen LogP contribution in [0.15, 0.2) is 65.1 Å². The summed E-state index contributed by atoms with van der Waals surface area (Å²) in [6.45, 7) is -0.404. The number of fused-ring (bicyclic) bond motifs is 4. The van der Waals surface area contributed by atoms with E-state index in [0.29, 0.717) is 33.6 Å². The van der Waals surface area contributed by atoms with Crippen LogP contribution in [0.1, 0.15) is 5.56 Å². The Hall–Kier alpha value is -5.10. The predicted molar refractivity (Wildman–Crippen MR) is 142 cm³/mol. The monoisotopic (exact) mass is 545 g/mol. The van der Waals surface area contributed by atoms with Gasteiger partial charge in [0, 0.05) is 17.0 Å². The number of aliphatic carboxylic acids is 1. The van der Waals surface area contributed by atoms with Gasteiger partial charge >= 0.3 is 12.1 Å². The van der Waals surface area contributed by atoms with Crippen molar-refractivity contribution >= 4 is 57.0 Å². The van der Waals surface area contributed by atoms with Gasteiger partial charge in [0.15, 0.2) is 12.2 Å². The molecule has 6 aromatic rings. The first-order valence-electron chi connectivity index (χ1n) is 11.6. The average Bonchev–Trinajstić information content (AvgIpc) is 3.61. The van der Waals surface area contributed by atoms with Crippen molar-refractivity contribution in [2.24, 2.45) is 0 Å². The van der Waals surface area contributed by atoms with Gasteiger partial charge in [-0.1, -0.05) is 18.2 Å². The fourth-order valence-corrected chi connectivity index (χ4v) is 5.10. The molecule has 0 spiro atoms. The van der Waals surface area contributed by atoms with Gasteiger partial charge in [0.25, 0.3) is 0 Å². The molecule has 196 valence electrons. The first-order chi connectivity index (χ1) is 18.9. The molecule has 2 N–H and O–H groups in total. The second-order valence-corrected chi connectivity index (χ2v) is 9.07. The highest BCUT2D eigenvalue weighted by Gasteiger charge is 2.29. The Morgan fingerprint density at radius 1 is 1.03 bits per heavy atom. The van der Waals surface area contributed by atoms with Gasteiger partial charge < -0.3 is 33.4 Å². The van der Waals surface area contributed by atoms with Crippen LogP contribution >= 0.6 is 11.7 Å². The van der Waals surface area contributed by atoms with Crippen LogP contribution in [-0.4, -0.2) is 49.4 Å². The van der Waals surface area contributed by atoms with Crippen molar-refractivity contribution in [1.29, 1.82) is 0 Å². The fraction of sp³-hybridized carbons (Fsp3) is 0.111. The molecule has 11 nitrogen and oxygen atoms in total. The Morgan fingerprint density at radius 2 is 1.85 bits per heavy atom. The van der Waals surface area contributed by atoms with Gasteiger partial charge in [0.1, 0.15) is 28.1 Å². The molecule has 0 aliphatic rings. The first-order valence-corrected chi connectivity index (χ1v) is 12.3. The Balaban J connectivity index is 1.64. The molecule has 0 unspecified atom stereocenters. The minimum Gasteiger partial charge on any atom is -0.497 e. The van der Waals surface area contributed by atoms with Crippen LogP contribution in [0.2, 0.25) is 0 Å². The lowest BCUT2D eigenvalue weighted by Crippen LogP contribution is -2.11. The molecule has 12 heteroatoms. The molecule has 0 bridgehead atoms. The molecule has 3 aromatic carbocycles. The van der Waals surface area contributed by atoms with Crippen molar-refractivity contribution in [1.82, 2.24) is 13.3 Å². The summed E-state index contributed by atoms with van der Waals surface area (Å²) in [4.78, 5) is 23.3. The van der Waals surface area contributed by atoms with E-state index in [2.05, 4.69) is 8.75 Å². The highest BCUT2D eigenvalue weighted by atomic mass is 32.1. The van der Waals surface area contributed by atoms with Gasteiger partial charge in [-0.2, -0.15) is 8.75 Å². The number of para-hydroxylation sites is 1. The molecule has 0 saturated heterocycles. The van der Waals surface area contributed by atoms with Crippen LogP contribution < -0.4 is 14.2 Å². The lowest BCUT2D eigenvalue weighted by molar-refractivity contribution is -0.139. The number of hydrogen-bond donors (Lipinski definition) is 2. The van der Waals surface area contributed by atoms with E-state index in [1.807, 2.05) is 42.5 Å². The van der Waals surface area contributed by atoms with Crippen LogP contribution in [-0.2, 0) is 11.3 Å². The van der Waals surface area contributed by atoms with E-state index in [0.717, 1.165) is 33.7 Å². The SMILES string of the molecule is COc1ccc(-c2c(OC(=O)O)n(Cc3ccc4nsnc4c3)c3c2oc2ccccc23)c(OCC(=O)O)c1. The Labute approximate surface area is 223 Å². The van der Waals surface area contributed by atoms with Gasteiger partial charge in [-0.3, -0.25) is 0 Å². The summed E-state index contributed by atoms with van der Waals surface area (Å²) in [6, 6.07) is 17.8. The standard InChI is InChI=1S/C27H19N3O8S/c1-35-15-7-8-16(21(11-15)36-13-22(31)32)23-25-24(17-4-2-3-5-20(17)37-25)30(26(23)38-27(33)34)12-14-6-9-18-19(10-14)29-39-28-18/h2-11H,12-13H2,1H3,(H,31,32)(H,33,34). The molecular weight excluding hydrogens is 526 g/mol. The van der Waals surface area contributed by atoms with E-state index in [1.165, 1.54) is 13.2 Å². The highest BCUT2D eigenvalue weighted by Crippen LogP contribution is 2.48. The van der Waals surface area contributed by atoms with Gasteiger partial charge in [0.2, 0.25) is 5.88 Å². The van der Waals surface area contributed by atoms with Gasteiger partial charge in [-0.25, -0.2) is 9.59 Å². The van der Waals surface area contributed by atoms with Crippen molar-refractivity contribution in [2.45, 2.75) is 6.54 Å². The summed E-state index contributed by atoms with van der Waals surface area (Å²) in [5.41, 5.74) is 4.52. The number of hydrogen-bond acceptors (Lipinski definition) is 9. The predicted octanol–water partition coefficient (Wildman–Crippen LogP) is 5.64. The maximum atomic E-state index is 11.9. The molecule has 3 heterocycles. The Bertz CT molecular complexity index is 1890. The zero-order valence-corrected chi connectivity index (χ0v) is 21.1. The number of carboxylic acid groups (broad SMARTS) is 2. The Morgan fingerprint density at radius 3 is 2.64 bits per heavy atom. The van der Waals surface area contributed by atoms with Crippen molar-refractivity contribution in [2.75, 3.05) is 13.7 Å². The van der Waals surface area contributed by atoms with Crippen LogP contribution in [0.5, 0.6) is 17.4 Å². The number of carbonyl (C=O) groups is 2. The van der Waals surface area contributed by atoms with E-state index in [-0.39, 0.29) is 18.2 Å². The summed E-state index contributed by atoms with van der Waals surface area (Å²) in [7, 11) is 1.47. The fourth-order valence-electron chi connectivity index (χ4n) is 4.58. The number of ether oxygens (including phenoxy) is 3. The topological polar surface area (TPSA) is 146 Å². The molecule has 0 amide bonds. The summed E-state index contributed by atoms with van der Waals surface area (Å²) < 4.78 is 32.8. The zero-order valence-electron chi connectivity index (χ0n) is 20.3. The molecule has 0 atom stereocenters. The number of benzene rings is 3. The van der Waals surface area contributed by atoms with Crippen LogP contribution in [0.3, 0.4) is 0 Å². The summed E-state index contributed by atoms with van der Waals surface area (Å²) >= 11 is 1.11. The largest absolute Gasteiger partial charge is 0.512 e. The smallest absolute Gasteiger partial charge is 0.497 e. The van der Waals surface area contributed by atoms with Gasteiger partial charge in [-0.05, 0) is 42.0 Å². The van der Waals surface area contributed by atoms with E-state index >= 15 is 0 Å². The number of furan rings is 1. The van der Waals surface area contributed by atoms with Crippen molar-refractivity contribution in [3.8, 4) is 28.5 Å². The third-order valence-electron chi connectivity index (χ3n) is 6.18. The minimum absolute atomic E-state index is 0.0103. The third kappa shape index (κ3) is 4.36. The van der Waals surface area contributed by atoms with E-state index in [9.17, 15) is 19.8 Å². The Kier molecular flexibility index (Phi) is 6.00. The number of methoxy groups -OCH3 is 1. The van der Waals surface area contributed by atoms with Crippen molar-refractivity contribution in [3.63, 3.8) is 0 Å². The number of rotatable bonds is 8. The molecule has 6 rings (SSSR count). The lowest BCUT2D eigenvalue weighted by atomic mass is 10.1. The molecule has 0 aliphatic carbocycles. The summed E-state index contributed by atoms with van der Waals surface area (Å²) in [6.07, 6.45) is -1.53. The minimum atomic E-state index is -1.53. The highest BCUT2D eigenvalue weighted by molar-refractivity contribution is 7.00. The number of carboxylic acids is 1.